The highest BCUT2D eigenvalue weighted by atomic mass is 19.4. The van der Waals surface area contributed by atoms with Gasteiger partial charge in [-0.25, -0.2) is 0 Å². The summed E-state index contributed by atoms with van der Waals surface area (Å²) in [7, 11) is 0. The molecule has 0 fully saturated rings. The second kappa shape index (κ2) is 6.68. The Kier molecular flexibility index (Phi) is 5.10. The number of hydrogen-bond donors (Lipinski definition) is 2. The lowest BCUT2D eigenvalue weighted by Gasteiger charge is -2.27. The zero-order valence-electron chi connectivity index (χ0n) is 12.7. The highest BCUT2D eigenvalue weighted by Crippen LogP contribution is 2.29. The topological polar surface area (TPSA) is 59.0 Å². The molecule has 1 aromatic rings. The van der Waals surface area contributed by atoms with E-state index in [1.165, 1.54) is 0 Å². The summed E-state index contributed by atoms with van der Waals surface area (Å²) in [5, 5.41) is 9.34. The Bertz CT molecular complexity index is 527. The van der Waals surface area contributed by atoms with E-state index < -0.39 is 24.7 Å². The van der Waals surface area contributed by atoms with Gasteiger partial charge >= 0.3 is 6.18 Å². The second-order valence-electron chi connectivity index (χ2n) is 5.53. The van der Waals surface area contributed by atoms with Crippen LogP contribution in [0.15, 0.2) is 6.20 Å². The minimum atomic E-state index is -4.39. The van der Waals surface area contributed by atoms with Gasteiger partial charge in [-0.05, 0) is 33.1 Å². The molecule has 0 radical (unpaired) electrons. The Morgan fingerprint density at radius 1 is 1.55 bits per heavy atom. The predicted octanol–water partition coefficient (Wildman–Crippen LogP) is 1.94. The molecule has 5 nitrogen and oxygen atoms in total. The Hall–Kier alpha value is -1.57. The van der Waals surface area contributed by atoms with Gasteiger partial charge in [-0.2, -0.15) is 18.3 Å². The monoisotopic (exact) mass is 318 g/mol. The number of nitrogens with one attached hydrogen (secondary N) is 2. The molecule has 0 unspecified atom stereocenters. The maximum Gasteiger partial charge on any atom is 0.405 e. The van der Waals surface area contributed by atoms with E-state index in [9.17, 15) is 18.0 Å². The van der Waals surface area contributed by atoms with Gasteiger partial charge in [-0.15, -0.1) is 0 Å². The fourth-order valence-electron chi connectivity index (χ4n) is 2.78. The normalized spacial score (nSPS) is 19.6. The molecule has 0 saturated carbocycles. The molecule has 1 heterocycles. The number of alkyl halides is 3. The van der Waals surface area contributed by atoms with Crippen molar-refractivity contribution in [3.8, 4) is 0 Å². The molecule has 22 heavy (non-hydrogen) atoms. The smallest absolute Gasteiger partial charge is 0.346 e. The molecule has 1 aromatic heterocycles. The van der Waals surface area contributed by atoms with Gasteiger partial charge in [0.05, 0.1) is 12.2 Å². The van der Waals surface area contributed by atoms with E-state index in [1.54, 1.807) is 13.1 Å². The molecule has 0 aromatic carbocycles. The predicted molar refractivity (Wildman–Crippen MR) is 75.2 cm³/mol. The van der Waals surface area contributed by atoms with Crippen LogP contribution in [-0.4, -0.2) is 34.5 Å². The molecule has 1 aliphatic carbocycles. The summed E-state index contributed by atoms with van der Waals surface area (Å²) in [5.41, 5.74) is 2.19. The van der Waals surface area contributed by atoms with Crippen LogP contribution in [0.1, 0.15) is 44.0 Å². The highest BCUT2D eigenvalue weighted by Gasteiger charge is 2.30. The fraction of sp³-hybridized carbons (Fsp3) is 0.714. The Morgan fingerprint density at radius 2 is 2.27 bits per heavy atom. The molecular formula is C14H21F3N4O. The minimum Gasteiger partial charge on any atom is -0.346 e. The number of amides is 1. The van der Waals surface area contributed by atoms with Gasteiger partial charge in [0.1, 0.15) is 6.54 Å². The van der Waals surface area contributed by atoms with E-state index >= 15 is 0 Å². The first kappa shape index (κ1) is 16.8. The van der Waals surface area contributed by atoms with Gasteiger partial charge in [0.25, 0.3) is 0 Å². The number of hydrogen-bond acceptors (Lipinski definition) is 3. The van der Waals surface area contributed by atoms with Crippen LogP contribution in [0.25, 0.3) is 0 Å². The zero-order valence-corrected chi connectivity index (χ0v) is 12.7. The van der Waals surface area contributed by atoms with Crippen LogP contribution in [0.5, 0.6) is 0 Å². The summed E-state index contributed by atoms with van der Waals surface area (Å²) < 4.78 is 38.3. The largest absolute Gasteiger partial charge is 0.405 e. The molecule has 8 heteroatoms. The van der Waals surface area contributed by atoms with Gasteiger partial charge in [-0.1, -0.05) is 0 Å². The molecule has 0 spiro atoms. The molecule has 2 rings (SSSR count). The molecule has 1 amide bonds. The first-order valence-electron chi connectivity index (χ1n) is 7.47. The lowest BCUT2D eigenvalue weighted by Crippen LogP contribution is -2.46. The molecular weight excluding hydrogens is 297 g/mol. The number of carbonyl (C=O) groups excluding carboxylic acids is 1. The van der Waals surface area contributed by atoms with Crippen LogP contribution in [0, 0.1) is 0 Å². The number of fused-ring (bicyclic) bond motifs is 1. The summed E-state index contributed by atoms with van der Waals surface area (Å²) in [4.78, 5) is 11.7. The number of carbonyl (C=O) groups is 1. The number of halogens is 3. The van der Waals surface area contributed by atoms with E-state index in [1.807, 2.05) is 16.9 Å². The first-order chi connectivity index (χ1) is 10.3. The number of rotatable bonds is 5. The summed E-state index contributed by atoms with van der Waals surface area (Å²) >= 11 is 0. The third-order valence-corrected chi connectivity index (χ3v) is 3.87. The molecule has 0 saturated heterocycles. The summed E-state index contributed by atoms with van der Waals surface area (Å²) in [5.74, 6) is -0.646. The highest BCUT2D eigenvalue weighted by molar-refractivity contribution is 5.81. The zero-order chi connectivity index (χ0) is 16.3. The molecule has 2 atom stereocenters. The summed E-state index contributed by atoms with van der Waals surface area (Å²) in [6.07, 6.45) is 0.147. The van der Waals surface area contributed by atoms with Crippen LogP contribution in [-0.2, 0) is 17.8 Å². The maximum atomic E-state index is 12.1. The van der Waals surface area contributed by atoms with E-state index in [4.69, 9.17) is 0 Å². The number of nitrogens with zero attached hydrogens (tertiary/aromatic N) is 2. The third kappa shape index (κ3) is 4.00. The van der Waals surface area contributed by atoms with Crippen molar-refractivity contribution in [3.63, 3.8) is 0 Å². The fourth-order valence-corrected chi connectivity index (χ4v) is 2.78. The Balaban J connectivity index is 1.97. The lowest BCUT2D eigenvalue weighted by atomic mass is 9.92. The summed E-state index contributed by atoms with van der Waals surface area (Å²) in [6, 6.07) is -0.737. The van der Waals surface area contributed by atoms with E-state index in [-0.39, 0.29) is 6.04 Å². The van der Waals surface area contributed by atoms with E-state index in [0.29, 0.717) is 0 Å². The van der Waals surface area contributed by atoms with Crippen LogP contribution in [0.4, 0.5) is 13.2 Å². The maximum absolute atomic E-state index is 12.1. The van der Waals surface area contributed by atoms with Crippen molar-refractivity contribution >= 4 is 5.91 Å². The van der Waals surface area contributed by atoms with Crippen molar-refractivity contribution in [2.75, 3.05) is 6.54 Å². The Morgan fingerprint density at radius 3 is 2.91 bits per heavy atom. The summed E-state index contributed by atoms with van der Waals surface area (Å²) in [6.45, 7) is 3.06. The second-order valence-corrected chi connectivity index (χ2v) is 5.53. The number of aryl methyl sites for hydroxylation is 1. The van der Waals surface area contributed by atoms with Crippen molar-refractivity contribution < 1.29 is 18.0 Å². The van der Waals surface area contributed by atoms with E-state index in [2.05, 4.69) is 10.4 Å². The SMILES string of the molecule is CCn1ncc2c1CCC[C@@H]2N[C@H](C)C(=O)NCC(F)(F)F. The molecule has 0 bridgehead atoms. The minimum absolute atomic E-state index is 0.0457. The van der Waals surface area contributed by atoms with Crippen molar-refractivity contribution in [2.45, 2.75) is 57.9 Å². The van der Waals surface area contributed by atoms with Crippen molar-refractivity contribution in [2.24, 2.45) is 0 Å². The van der Waals surface area contributed by atoms with Gasteiger partial charge < -0.3 is 5.32 Å². The van der Waals surface area contributed by atoms with Gasteiger partial charge in [0.15, 0.2) is 0 Å². The molecule has 1 aliphatic rings. The third-order valence-electron chi connectivity index (χ3n) is 3.87. The van der Waals surface area contributed by atoms with Gasteiger partial charge in [-0.3, -0.25) is 14.8 Å². The lowest BCUT2D eigenvalue weighted by molar-refractivity contribution is -0.139. The van der Waals surface area contributed by atoms with E-state index in [0.717, 1.165) is 37.1 Å². The molecule has 0 aliphatic heterocycles. The Labute approximate surface area is 127 Å². The average Bonchev–Trinajstić information content (AvgIpc) is 2.88. The standard InChI is InChI=1S/C14H21F3N4O/c1-3-21-12-6-4-5-11(10(12)7-19-21)20-9(2)13(22)18-8-14(15,16)17/h7,9,11,20H,3-6,8H2,1-2H3,(H,18,22)/t9-,11+/m1/s1. The quantitative estimate of drug-likeness (QED) is 0.872. The van der Waals surface area contributed by atoms with Crippen LogP contribution in [0.2, 0.25) is 0 Å². The van der Waals surface area contributed by atoms with Gasteiger partial charge in [0.2, 0.25) is 5.91 Å². The molecule has 2 N–H and O–H groups in total. The molecule has 124 valence electrons. The van der Waals surface area contributed by atoms with Gasteiger partial charge in [0, 0.05) is 23.8 Å². The average molecular weight is 318 g/mol. The van der Waals surface area contributed by atoms with Crippen LogP contribution >= 0.6 is 0 Å². The number of aromatic nitrogens is 2. The van der Waals surface area contributed by atoms with Crippen molar-refractivity contribution in [1.82, 2.24) is 20.4 Å². The van der Waals surface area contributed by atoms with Crippen molar-refractivity contribution in [1.29, 1.82) is 0 Å². The van der Waals surface area contributed by atoms with Crippen LogP contribution < -0.4 is 10.6 Å². The van der Waals surface area contributed by atoms with Crippen molar-refractivity contribution in [3.05, 3.63) is 17.5 Å². The first-order valence-corrected chi connectivity index (χ1v) is 7.47. The van der Waals surface area contributed by atoms with Crippen LogP contribution in [0.3, 0.4) is 0 Å².